The number of nitrogens with zero attached hydrogens (tertiary/aromatic N) is 4. The van der Waals surface area contributed by atoms with Gasteiger partial charge >= 0.3 is 0 Å². The van der Waals surface area contributed by atoms with Crippen molar-refractivity contribution in [1.29, 1.82) is 0 Å². The quantitative estimate of drug-likeness (QED) is 0.636. The fourth-order valence-corrected chi connectivity index (χ4v) is 5.17. The Morgan fingerprint density at radius 2 is 1.80 bits per heavy atom. The van der Waals surface area contributed by atoms with Crippen molar-refractivity contribution in [2.24, 2.45) is 7.05 Å². The molecule has 1 heterocycles. The molecule has 0 radical (unpaired) electrons. The lowest BCUT2D eigenvalue weighted by molar-refractivity contribution is 0.267. The van der Waals surface area contributed by atoms with Crippen molar-refractivity contribution < 1.29 is 17.9 Å². The van der Waals surface area contributed by atoms with Crippen LogP contribution in [0.5, 0.6) is 0 Å². The van der Waals surface area contributed by atoms with Gasteiger partial charge in [-0.15, -0.1) is 10.2 Å². The van der Waals surface area contributed by atoms with Crippen LogP contribution in [-0.2, 0) is 23.7 Å². The third-order valence-corrected chi connectivity index (χ3v) is 6.88. The van der Waals surface area contributed by atoms with Crippen LogP contribution >= 0.6 is 11.6 Å². The van der Waals surface area contributed by atoms with E-state index in [1.54, 1.807) is 46.0 Å². The molecule has 10 heteroatoms. The molecule has 0 aliphatic rings. The summed E-state index contributed by atoms with van der Waals surface area (Å²) in [7, 11) is -2.45. The lowest BCUT2D eigenvalue weighted by atomic mass is 10.1. The van der Waals surface area contributed by atoms with E-state index in [0.717, 1.165) is 10.4 Å². The Hall–Kier alpha value is -2.49. The molecule has 30 heavy (non-hydrogen) atoms. The van der Waals surface area contributed by atoms with Crippen molar-refractivity contribution in [3.63, 3.8) is 0 Å². The summed E-state index contributed by atoms with van der Waals surface area (Å²) in [4.78, 5) is 0.0650. The van der Waals surface area contributed by atoms with Crippen LogP contribution in [0.1, 0.15) is 26.6 Å². The largest absolute Gasteiger partial charge is 0.388 e. The van der Waals surface area contributed by atoms with Gasteiger partial charge in [-0.2, -0.15) is 0 Å². The maximum atomic E-state index is 14.5. The Morgan fingerprint density at radius 1 is 1.17 bits per heavy atom. The third-order valence-electron chi connectivity index (χ3n) is 4.50. The van der Waals surface area contributed by atoms with Crippen LogP contribution in [0.2, 0.25) is 5.02 Å². The Kier molecular flexibility index (Phi) is 5.90. The highest BCUT2D eigenvalue weighted by atomic mass is 35.5. The van der Waals surface area contributed by atoms with Crippen molar-refractivity contribution in [2.45, 2.75) is 37.8 Å². The number of anilines is 1. The molecule has 0 unspecified atom stereocenters. The van der Waals surface area contributed by atoms with Gasteiger partial charge in [0.25, 0.3) is 10.0 Å². The fraction of sp³-hybridized carbons (Fsp3) is 0.300. The number of sulfonamides is 1. The van der Waals surface area contributed by atoms with E-state index in [0.29, 0.717) is 0 Å². The molecule has 0 atom stereocenters. The summed E-state index contributed by atoms with van der Waals surface area (Å²) < 4.78 is 44.4. The Balaban J connectivity index is 2.35. The third kappa shape index (κ3) is 3.92. The molecule has 0 aliphatic heterocycles. The smallest absolute Gasteiger partial charge is 0.264 e. The molecule has 3 aromatic rings. The molecule has 2 aromatic carbocycles. The Labute approximate surface area is 179 Å². The normalized spacial score (nSPS) is 12.2. The Bertz CT molecular complexity index is 1170. The number of aliphatic hydroxyl groups excluding tert-OH is 1. The van der Waals surface area contributed by atoms with E-state index < -0.39 is 21.4 Å². The first-order valence-corrected chi connectivity index (χ1v) is 10.9. The van der Waals surface area contributed by atoms with Crippen LogP contribution in [0.15, 0.2) is 47.4 Å². The topological polar surface area (TPSA) is 88.3 Å². The average Bonchev–Trinajstić information content (AvgIpc) is 3.04. The summed E-state index contributed by atoms with van der Waals surface area (Å²) in [6.45, 7) is 4.76. The first kappa shape index (κ1) is 22.2. The van der Waals surface area contributed by atoms with Gasteiger partial charge in [0.1, 0.15) is 12.4 Å². The van der Waals surface area contributed by atoms with E-state index in [9.17, 15) is 17.9 Å². The molecule has 3 rings (SSSR count). The molecule has 1 aromatic heterocycles. The van der Waals surface area contributed by atoms with E-state index in [4.69, 9.17) is 11.6 Å². The zero-order chi connectivity index (χ0) is 22.3. The van der Waals surface area contributed by atoms with Crippen LogP contribution in [0.3, 0.4) is 0 Å². The number of hydrogen-bond acceptors (Lipinski definition) is 5. The highest BCUT2D eigenvalue weighted by molar-refractivity contribution is 7.93. The molecule has 0 fully saturated rings. The summed E-state index contributed by atoms with van der Waals surface area (Å²) in [6, 6.07) is 10.3. The number of aromatic nitrogens is 3. The van der Waals surface area contributed by atoms with Gasteiger partial charge in [0.2, 0.25) is 0 Å². The molecule has 0 saturated heterocycles. The van der Waals surface area contributed by atoms with Crippen molar-refractivity contribution in [3.05, 3.63) is 59.1 Å². The van der Waals surface area contributed by atoms with Gasteiger partial charge in [0.05, 0.1) is 15.6 Å². The fourth-order valence-electron chi connectivity index (χ4n) is 3.17. The molecule has 0 amide bonds. The number of hydrogen-bond donors (Lipinski definition) is 1. The predicted octanol–water partition coefficient (Wildman–Crippen LogP) is 3.76. The van der Waals surface area contributed by atoms with Crippen molar-refractivity contribution in [1.82, 2.24) is 14.8 Å². The van der Waals surface area contributed by atoms with Crippen LogP contribution < -0.4 is 4.31 Å². The zero-order valence-corrected chi connectivity index (χ0v) is 18.5. The molecule has 0 spiro atoms. The number of aliphatic hydroxyl groups is 1. The molecule has 7 nitrogen and oxygen atoms in total. The van der Waals surface area contributed by atoms with E-state index >= 15 is 0 Å². The van der Waals surface area contributed by atoms with E-state index in [2.05, 4.69) is 10.2 Å². The van der Waals surface area contributed by atoms with E-state index in [1.165, 1.54) is 22.8 Å². The molecule has 1 N–H and O–H groups in total. The summed E-state index contributed by atoms with van der Waals surface area (Å²) in [6.07, 6.45) is 0. The average molecular weight is 453 g/mol. The second kappa shape index (κ2) is 7.98. The second-order valence-corrected chi connectivity index (χ2v) is 9.89. The SMILES string of the molecule is Cn1c(CO)nnc1-c1cc(Cl)c(F)cc1N(C(C)(C)C)S(=O)(=O)c1ccccc1. The van der Waals surface area contributed by atoms with Gasteiger partial charge in [-0.3, -0.25) is 4.31 Å². The second-order valence-electron chi connectivity index (χ2n) is 7.69. The van der Waals surface area contributed by atoms with Crippen LogP contribution in [0.4, 0.5) is 10.1 Å². The summed E-state index contributed by atoms with van der Waals surface area (Å²) in [5.74, 6) is -0.254. The zero-order valence-electron chi connectivity index (χ0n) is 17.0. The maximum absolute atomic E-state index is 14.5. The summed E-state index contributed by atoms with van der Waals surface area (Å²) in [5.41, 5.74) is -0.624. The van der Waals surface area contributed by atoms with Gasteiger partial charge < -0.3 is 9.67 Å². The Morgan fingerprint density at radius 3 is 2.33 bits per heavy atom. The van der Waals surface area contributed by atoms with Crippen molar-refractivity contribution in [2.75, 3.05) is 4.31 Å². The van der Waals surface area contributed by atoms with Gasteiger partial charge in [-0.05, 0) is 39.0 Å². The first-order valence-electron chi connectivity index (χ1n) is 9.07. The molecule has 160 valence electrons. The van der Waals surface area contributed by atoms with Gasteiger partial charge in [0, 0.05) is 24.2 Å². The van der Waals surface area contributed by atoms with E-state index in [1.807, 2.05) is 0 Å². The lowest BCUT2D eigenvalue weighted by Gasteiger charge is -2.37. The maximum Gasteiger partial charge on any atom is 0.264 e. The van der Waals surface area contributed by atoms with Gasteiger partial charge in [0.15, 0.2) is 11.6 Å². The minimum Gasteiger partial charge on any atom is -0.388 e. The first-order chi connectivity index (χ1) is 14.0. The van der Waals surface area contributed by atoms with Gasteiger partial charge in [-0.25, -0.2) is 12.8 Å². The molecule has 0 aliphatic carbocycles. The predicted molar refractivity (Wildman–Crippen MR) is 113 cm³/mol. The highest BCUT2D eigenvalue weighted by Crippen LogP contribution is 2.40. The van der Waals surface area contributed by atoms with Crippen LogP contribution in [-0.4, -0.2) is 33.8 Å². The monoisotopic (exact) mass is 452 g/mol. The number of rotatable bonds is 5. The minimum atomic E-state index is -4.07. The molecular weight excluding hydrogens is 431 g/mol. The molecule has 0 saturated carbocycles. The minimum absolute atomic E-state index is 0.0632. The summed E-state index contributed by atoms with van der Waals surface area (Å²) in [5, 5.41) is 17.2. The van der Waals surface area contributed by atoms with Crippen molar-refractivity contribution >= 4 is 27.3 Å². The lowest BCUT2D eigenvalue weighted by Crippen LogP contribution is -2.46. The number of halogens is 2. The van der Waals surface area contributed by atoms with Gasteiger partial charge in [-0.1, -0.05) is 29.8 Å². The molecule has 0 bridgehead atoms. The van der Waals surface area contributed by atoms with E-state index in [-0.39, 0.29) is 39.4 Å². The summed E-state index contributed by atoms with van der Waals surface area (Å²) >= 11 is 6.03. The van der Waals surface area contributed by atoms with Crippen LogP contribution in [0, 0.1) is 5.82 Å². The van der Waals surface area contributed by atoms with Crippen molar-refractivity contribution in [3.8, 4) is 11.4 Å². The number of benzene rings is 2. The molecular formula is C20H22ClFN4O3S. The highest BCUT2D eigenvalue weighted by Gasteiger charge is 2.37. The van der Waals surface area contributed by atoms with Crippen LogP contribution in [0.25, 0.3) is 11.4 Å². The standard InChI is InChI=1S/C20H22ClFN4O3S/c1-20(2,3)26(30(28,29)13-8-6-5-7-9-13)17-11-16(22)15(21)10-14(17)19-24-23-18(12-27)25(19)4/h5-11,27H,12H2,1-4H3.